The van der Waals surface area contributed by atoms with E-state index in [0.717, 1.165) is 0 Å². The molecule has 2 unspecified atom stereocenters. The quantitative estimate of drug-likeness (QED) is 0.893. The molecule has 2 aliphatic heterocycles. The van der Waals surface area contributed by atoms with Gasteiger partial charge in [0, 0.05) is 5.92 Å². The zero-order valence-corrected chi connectivity index (χ0v) is 11.9. The number of rotatable bonds is 3. The second-order valence-corrected chi connectivity index (χ2v) is 7.29. The summed E-state index contributed by atoms with van der Waals surface area (Å²) in [6.07, 6.45) is -0.379. The van der Waals surface area contributed by atoms with E-state index >= 15 is 0 Å². The van der Waals surface area contributed by atoms with Gasteiger partial charge in [-0.05, 0) is 24.1 Å². The fourth-order valence-corrected chi connectivity index (χ4v) is 4.50. The molecule has 1 fully saturated rings. The number of fused-ring (bicyclic) bond motifs is 1. The molecule has 1 saturated heterocycles. The summed E-state index contributed by atoms with van der Waals surface area (Å²) >= 11 is 0. The molecular weight excluding hydrogens is 284 g/mol. The Morgan fingerprint density at radius 1 is 1.40 bits per heavy atom. The van der Waals surface area contributed by atoms with Gasteiger partial charge < -0.3 is 19.3 Å². The van der Waals surface area contributed by atoms with Crippen molar-refractivity contribution in [3.05, 3.63) is 17.7 Å². The van der Waals surface area contributed by atoms with Gasteiger partial charge in [-0.3, -0.25) is 0 Å². The van der Waals surface area contributed by atoms with Crippen LogP contribution in [0.4, 0.5) is 0 Å². The topological polar surface area (TPSA) is 82.1 Å². The molecule has 3 rings (SSSR count). The largest absolute Gasteiger partial charge is 0.493 e. The maximum atomic E-state index is 11.5. The van der Waals surface area contributed by atoms with E-state index in [2.05, 4.69) is 0 Å². The zero-order valence-electron chi connectivity index (χ0n) is 11.0. The van der Waals surface area contributed by atoms with E-state index in [-0.39, 0.29) is 24.2 Å². The molecule has 2 heterocycles. The molecule has 20 heavy (non-hydrogen) atoms. The van der Waals surface area contributed by atoms with Gasteiger partial charge >= 0.3 is 0 Å². The molecule has 1 aromatic carbocycles. The Morgan fingerprint density at radius 2 is 2.20 bits per heavy atom. The number of aliphatic hydroxyl groups is 1. The SMILES string of the molecule is COc1cc(C(O)C2CCS(=O)(=O)C2)cc2c1OCO2. The van der Waals surface area contributed by atoms with Gasteiger partial charge in [0.25, 0.3) is 0 Å². The summed E-state index contributed by atoms with van der Waals surface area (Å²) in [6.45, 7) is 0.114. The molecule has 0 aliphatic carbocycles. The Morgan fingerprint density at radius 3 is 2.85 bits per heavy atom. The number of ether oxygens (including phenoxy) is 3. The summed E-state index contributed by atoms with van der Waals surface area (Å²) in [4.78, 5) is 0. The summed E-state index contributed by atoms with van der Waals surface area (Å²) < 4.78 is 38.8. The average molecular weight is 300 g/mol. The Balaban J connectivity index is 1.91. The number of hydrogen-bond acceptors (Lipinski definition) is 6. The lowest BCUT2D eigenvalue weighted by molar-refractivity contribution is 0.120. The van der Waals surface area contributed by atoms with Crippen LogP contribution < -0.4 is 14.2 Å². The Bertz CT molecular complexity index is 624. The third-order valence-corrected chi connectivity index (χ3v) is 5.53. The van der Waals surface area contributed by atoms with Gasteiger partial charge in [-0.15, -0.1) is 0 Å². The maximum Gasteiger partial charge on any atom is 0.231 e. The zero-order chi connectivity index (χ0) is 14.3. The van der Waals surface area contributed by atoms with Gasteiger partial charge in [0.15, 0.2) is 21.3 Å². The molecule has 110 valence electrons. The van der Waals surface area contributed by atoms with E-state index in [1.165, 1.54) is 7.11 Å². The number of hydrogen-bond donors (Lipinski definition) is 1. The third-order valence-electron chi connectivity index (χ3n) is 3.74. The summed E-state index contributed by atoms with van der Waals surface area (Å²) in [5.41, 5.74) is 0.591. The normalized spacial score (nSPS) is 24.6. The van der Waals surface area contributed by atoms with Crippen LogP contribution in [0, 0.1) is 5.92 Å². The Hall–Kier alpha value is -1.47. The first-order chi connectivity index (χ1) is 9.50. The van der Waals surface area contributed by atoms with Gasteiger partial charge in [0.05, 0.1) is 24.7 Å². The fraction of sp³-hybridized carbons (Fsp3) is 0.538. The standard InChI is InChI=1S/C13H16O6S/c1-17-10-4-9(5-11-13(10)19-7-18-11)12(14)8-2-3-20(15,16)6-8/h4-5,8,12,14H,2-3,6-7H2,1H3. The van der Waals surface area contributed by atoms with Crippen molar-refractivity contribution in [3.8, 4) is 17.2 Å². The average Bonchev–Trinajstić information content (AvgIpc) is 3.02. The van der Waals surface area contributed by atoms with Crippen molar-refractivity contribution in [2.45, 2.75) is 12.5 Å². The minimum Gasteiger partial charge on any atom is -0.493 e. The highest BCUT2D eigenvalue weighted by Gasteiger charge is 2.34. The molecule has 1 N–H and O–H groups in total. The number of methoxy groups -OCH3 is 1. The summed E-state index contributed by atoms with van der Waals surface area (Å²) in [5.74, 6) is 1.38. The highest BCUT2D eigenvalue weighted by atomic mass is 32.2. The second-order valence-electron chi connectivity index (χ2n) is 5.06. The molecule has 2 aliphatic rings. The van der Waals surface area contributed by atoms with E-state index in [9.17, 15) is 13.5 Å². The first kappa shape index (κ1) is 13.5. The van der Waals surface area contributed by atoms with Gasteiger partial charge in [0.1, 0.15) is 0 Å². The Kier molecular flexibility index (Phi) is 3.25. The van der Waals surface area contributed by atoms with Crippen molar-refractivity contribution in [1.29, 1.82) is 0 Å². The lowest BCUT2D eigenvalue weighted by Gasteiger charge is -2.18. The molecule has 7 heteroatoms. The van der Waals surface area contributed by atoms with Crippen LogP contribution in [0.2, 0.25) is 0 Å². The third kappa shape index (κ3) is 2.31. The lowest BCUT2D eigenvalue weighted by atomic mass is 9.95. The minimum absolute atomic E-state index is 0.0188. The van der Waals surface area contributed by atoms with Crippen molar-refractivity contribution < 1.29 is 27.7 Å². The van der Waals surface area contributed by atoms with Crippen LogP contribution in [0.25, 0.3) is 0 Å². The van der Waals surface area contributed by atoms with Crippen LogP contribution in [-0.2, 0) is 9.84 Å². The molecular formula is C13H16O6S. The van der Waals surface area contributed by atoms with Crippen molar-refractivity contribution >= 4 is 9.84 Å². The van der Waals surface area contributed by atoms with Crippen molar-refractivity contribution in [2.24, 2.45) is 5.92 Å². The number of aliphatic hydroxyl groups excluding tert-OH is 1. The van der Waals surface area contributed by atoms with Gasteiger partial charge in [-0.25, -0.2) is 8.42 Å². The van der Waals surface area contributed by atoms with Crippen molar-refractivity contribution in [2.75, 3.05) is 25.4 Å². The summed E-state index contributed by atoms with van der Waals surface area (Å²) in [6, 6.07) is 3.35. The smallest absolute Gasteiger partial charge is 0.231 e. The van der Waals surface area contributed by atoms with E-state index in [1.807, 2.05) is 0 Å². The Labute approximate surface area is 117 Å². The van der Waals surface area contributed by atoms with Gasteiger partial charge in [0.2, 0.25) is 12.5 Å². The first-order valence-electron chi connectivity index (χ1n) is 6.36. The highest BCUT2D eigenvalue weighted by molar-refractivity contribution is 7.91. The van der Waals surface area contributed by atoms with E-state index in [4.69, 9.17) is 14.2 Å². The van der Waals surface area contributed by atoms with Crippen LogP contribution in [0.15, 0.2) is 12.1 Å². The maximum absolute atomic E-state index is 11.5. The van der Waals surface area contributed by atoms with E-state index < -0.39 is 15.9 Å². The van der Waals surface area contributed by atoms with Crippen molar-refractivity contribution in [3.63, 3.8) is 0 Å². The predicted octanol–water partition coefficient (Wildman–Crippen LogP) is 0.892. The number of sulfone groups is 1. The van der Waals surface area contributed by atoms with Gasteiger partial charge in [-0.2, -0.15) is 0 Å². The van der Waals surface area contributed by atoms with Crippen molar-refractivity contribution in [1.82, 2.24) is 0 Å². The van der Waals surface area contributed by atoms with Crippen LogP contribution in [-0.4, -0.2) is 38.9 Å². The molecule has 0 aromatic heterocycles. The first-order valence-corrected chi connectivity index (χ1v) is 8.18. The highest BCUT2D eigenvalue weighted by Crippen LogP contribution is 2.44. The molecule has 0 amide bonds. The van der Waals surface area contributed by atoms with Crippen LogP contribution in [0.1, 0.15) is 18.1 Å². The molecule has 2 atom stereocenters. The molecule has 0 spiro atoms. The molecule has 1 aromatic rings. The fourth-order valence-electron chi connectivity index (χ4n) is 2.67. The molecule has 0 bridgehead atoms. The molecule has 0 radical (unpaired) electrons. The minimum atomic E-state index is -3.02. The van der Waals surface area contributed by atoms with E-state index in [1.54, 1.807) is 12.1 Å². The number of benzene rings is 1. The van der Waals surface area contributed by atoms with Crippen LogP contribution in [0.3, 0.4) is 0 Å². The predicted molar refractivity (Wildman–Crippen MR) is 70.8 cm³/mol. The summed E-state index contributed by atoms with van der Waals surface area (Å²) in [7, 11) is -1.52. The second kappa shape index (κ2) is 4.82. The molecule has 6 nitrogen and oxygen atoms in total. The monoisotopic (exact) mass is 300 g/mol. The lowest BCUT2D eigenvalue weighted by Crippen LogP contribution is -2.14. The molecule has 0 saturated carbocycles. The van der Waals surface area contributed by atoms with E-state index in [0.29, 0.717) is 29.2 Å². The summed E-state index contributed by atoms with van der Waals surface area (Å²) in [5, 5.41) is 10.4. The van der Waals surface area contributed by atoms with Crippen LogP contribution >= 0.6 is 0 Å². The van der Waals surface area contributed by atoms with Crippen LogP contribution in [0.5, 0.6) is 17.2 Å². The van der Waals surface area contributed by atoms with Gasteiger partial charge in [-0.1, -0.05) is 0 Å².